The predicted octanol–water partition coefficient (Wildman–Crippen LogP) is 3.98. The first-order valence-corrected chi connectivity index (χ1v) is 15.8. The molecule has 0 bridgehead atoms. The summed E-state index contributed by atoms with van der Waals surface area (Å²) in [7, 11) is -2.59. The van der Waals surface area contributed by atoms with Crippen molar-refractivity contribution in [2.45, 2.75) is 37.2 Å². The molecule has 4 heterocycles. The zero-order valence-corrected chi connectivity index (χ0v) is 25.7. The van der Waals surface area contributed by atoms with Crippen molar-refractivity contribution in [2.24, 2.45) is 7.05 Å². The number of amides is 1. The number of ether oxygens (including phenoxy) is 1. The van der Waals surface area contributed by atoms with E-state index in [9.17, 15) is 26.8 Å². The third kappa shape index (κ3) is 5.64. The summed E-state index contributed by atoms with van der Waals surface area (Å²) in [6.45, 7) is 5.57. The van der Waals surface area contributed by atoms with Crippen molar-refractivity contribution in [1.82, 2.24) is 19.1 Å². The van der Waals surface area contributed by atoms with Crippen LogP contribution in [0.2, 0.25) is 0 Å². The highest BCUT2D eigenvalue weighted by atomic mass is 32.2. The van der Waals surface area contributed by atoms with E-state index in [1.54, 1.807) is 55.9 Å². The summed E-state index contributed by atoms with van der Waals surface area (Å²) in [6.07, 6.45) is 1.59. The fourth-order valence-electron chi connectivity index (χ4n) is 5.91. The first-order valence-electron chi connectivity index (χ1n) is 14.3. The first-order chi connectivity index (χ1) is 21.4. The second-order valence-corrected chi connectivity index (χ2v) is 13.5. The molecule has 2 aliphatic heterocycles. The monoisotopic (exact) mass is 638 g/mol. The third-order valence-electron chi connectivity index (χ3n) is 8.32. The van der Waals surface area contributed by atoms with Crippen LogP contribution < -0.4 is 10.2 Å². The molecule has 4 aromatic rings. The molecule has 2 N–H and O–H groups in total. The number of carbonyl (C=O) groups excluding carboxylic acids is 2. The van der Waals surface area contributed by atoms with Gasteiger partial charge in [0.1, 0.15) is 17.3 Å². The number of fused-ring (bicyclic) bond motifs is 1. The summed E-state index contributed by atoms with van der Waals surface area (Å²) in [5.41, 5.74) is 2.00. The molecule has 6 rings (SSSR count). The van der Waals surface area contributed by atoms with E-state index in [4.69, 9.17) is 4.74 Å². The highest BCUT2D eigenvalue weighted by molar-refractivity contribution is 7.89. The average Bonchev–Trinajstić information content (AvgIpc) is 3.68. The molecular formula is C31H32F2N6O5S. The highest BCUT2D eigenvalue weighted by Gasteiger charge is 2.48. The molecule has 1 fully saturated rings. The van der Waals surface area contributed by atoms with E-state index in [1.165, 1.54) is 0 Å². The van der Waals surface area contributed by atoms with Crippen LogP contribution in [0.3, 0.4) is 0 Å². The van der Waals surface area contributed by atoms with Crippen LogP contribution in [0.25, 0.3) is 0 Å². The van der Waals surface area contributed by atoms with Crippen LogP contribution in [0.4, 0.5) is 20.2 Å². The van der Waals surface area contributed by atoms with E-state index in [-0.39, 0.29) is 30.2 Å². The van der Waals surface area contributed by atoms with Crippen molar-refractivity contribution in [3.05, 3.63) is 94.6 Å². The number of hydrogen-bond acceptors (Lipinski definition) is 7. The van der Waals surface area contributed by atoms with Crippen molar-refractivity contribution >= 4 is 33.1 Å². The normalized spacial score (nSPS) is 16.5. The minimum atomic E-state index is -4.34. The second-order valence-electron chi connectivity index (χ2n) is 11.6. The molecule has 0 unspecified atom stereocenters. The molecule has 45 heavy (non-hydrogen) atoms. The number of aromatic nitrogens is 3. The van der Waals surface area contributed by atoms with Crippen LogP contribution in [0.5, 0.6) is 0 Å². The number of rotatable bonds is 8. The number of benzene rings is 2. The van der Waals surface area contributed by atoms with Gasteiger partial charge < -0.3 is 19.5 Å². The van der Waals surface area contributed by atoms with Crippen LogP contribution in [-0.2, 0) is 40.3 Å². The van der Waals surface area contributed by atoms with Gasteiger partial charge in [0.2, 0.25) is 10.0 Å². The van der Waals surface area contributed by atoms with Crippen LogP contribution in [0.15, 0.2) is 59.6 Å². The average molecular weight is 639 g/mol. The largest absolute Gasteiger partial charge is 0.378 e. The van der Waals surface area contributed by atoms with Gasteiger partial charge in [0.05, 0.1) is 41.5 Å². The van der Waals surface area contributed by atoms with Gasteiger partial charge in [0, 0.05) is 61.5 Å². The Morgan fingerprint density at radius 1 is 1.07 bits per heavy atom. The van der Waals surface area contributed by atoms with Gasteiger partial charge >= 0.3 is 0 Å². The first kappa shape index (κ1) is 30.6. The topological polar surface area (TPSA) is 130 Å². The summed E-state index contributed by atoms with van der Waals surface area (Å²) in [5, 5.41) is 10.1. The smallest absolute Gasteiger partial charge is 0.272 e. The lowest BCUT2D eigenvalue weighted by Crippen LogP contribution is -2.40. The Morgan fingerprint density at radius 2 is 1.78 bits per heavy atom. The predicted molar refractivity (Wildman–Crippen MR) is 162 cm³/mol. The van der Waals surface area contributed by atoms with Gasteiger partial charge in [0.15, 0.2) is 5.78 Å². The number of carbonyl (C=O) groups is 2. The van der Waals surface area contributed by atoms with E-state index in [2.05, 4.69) is 20.4 Å². The van der Waals surface area contributed by atoms with Crippen LogP contribution in [-0.4, -0.2) is 65.5 Å². The number of halogens is 2. The molecule has 11 nitrogen and oxygen atoms in total. The van der Waals surface area contributed by atoms with Gasteiger partial charge in [-0.15, -0.1) is 0 Å². The van der Waals surface area contributed by atoms with Crippen LogP contribution >= 0.6 is 0 Å². The molecule has 0 atom stereocenters. The SMILES string of the molecule is Cn1cccc1C(=O)Nc1cc(N2CCOCC2)ccc1C(=O)Cc1[nH]nc2c1CN(S(=O)(=O)c1cc(F)cc(F)c1)C2(C)C. The fraction of sp³-hybridized carbons (Fsp3) is 0.323. The maximum atomic E-state index is 13.9. The summed E-state index contributed by atoms with van der Waals surface area (Å²) in [6, 6.07) is 10.8. The van der Waals surface area contributed by atoms with Crippen LogP contribution in [0, 0.1) is 11.6 Å². The number of Topliss-reactive ketones (excluding diaryl/α,β-unsaturated/α-hetero) is 1. The Morgan fingerprint density at radius 3 is 2.44 bits per heavy atom. The fourth-order valence-corrected chi connectivity index (χ4v) is 7.67. The molecule has 1 amide bonds. The second kappa shape index (κ2) is 11.5. The molecule has 14 heteroatoms. The maximum Gasteiger partial charge on any atom is 0.272 e. The number of hydrogen-bond donors (Lipinski definition) is 2. The van der Waals surface area contributed by atoms with E-state index in [0.717, 1.165) is 22.1 Å². The lowest BCUT2D eigenvalue weighted by molar-refractivity contribution is 0.0992. The Hall–Kier alpha value is -4.40. The lowest BCUT2D eigenvalue weighted by Gasteiger charge is -2.30. The lowest BCUT2D eigenvalue weighted by atomic mass is 9.98. The number of sulfonamides is 1. The van der Waals surface area contributed by atoms with Gasteiger partial charge in [-0.25, -0.2) is 17.2 Å². The molecular weight excluding hydrogens is 606 g/mol. The maximum absolute atomic E-state index is 13.9. The molecule has 236 valence electrons. The number of nitrogens with one attached hydrogen (secondary N) is 2. The summed E-state index contributed by atoms with van der Waals surface area (Å²) in [5.74, 6) is -2.73. The molecule has 0 radical (unpaired) electrons. The quantitative estimate of drug-likeness (QED) is 0.280. The van der Waals surface area contributed by atoms with Crippen molar-refractivity contribution in [2.75, 3.05) is 36.5 Å². The molecule has 2 aromatic carbocycles. The van der Waals surface area contributed by atoms with E-state index >= 15 is 0 Å². The minimum absolute atomic E-state index is 0.158. The van der Waals surface area contributed by atoms with Crippen molar-refractivity contribution in [1.29, 1.82) is 0 Å². The molecule has 2 aliphatic rings. The zero-order chi connectivity index (χ0) is 32.1. The van der Waals surface area contributed by atoms with Crippen molar-refractivity contribution < 1.29 is 31.5 Å². The number of anilines is 2. The van der Waals surface area contributed by atoms with E-state index in [1.807, 2.05) is 6.07 Å². The number of aromatic amines is 1. The number of nitrogens with zero attached hydrogens (tertiary/aromatic N) is 4. The van der Waals surface area contributed by atoms with Gasteiger partial charge in [-0.05, 0) is 56.3 Å². The Balaban J connectivity index is 1.30. The number of morpholine rings is 1. The minimum Gasteiger partial charge on any atom is -0.378 e. The Kier molecular flexibility index (Phi) is 7.83. The summed E-state index contributed by atoms with van der Waals surface area (Å²) >= 11 is 0. The number of H-pyrrole nitrogens is 1. The van der Waals surface area contributed by atoms with Crippen molar-refractivity contribution in [3.8, 4) is 0 Å². The van der Waals surface area contributed by atoms with Crippen LogP contribution in [0.1, 0.15) is 51.6 Å². The van der Waals surface area contributed by atoms with Gasteiger partial charge in [-0.2, -0.15) is 9.40 Å². The highest BCUT2D eigenvalue weighted by Crippen LogP contribution is 2.43. The molecule has 1 saturated heterocycles. The standard InChI is InChI=1S/C31H32F2N6O5S/c1-31(2)29-24(18-39(31)45(42,43)22-14-19(32)13-20(33)15-22)26(35-36-29)17-28(40)23-7-6-21(38-9-11-44-12-10-38)16-25(23)34-30(41)27-5-4-8-37(27)3/h4-8,13-16H,9-12,17-18H2,1-3H3,(H,34,41)(H,35,36). The molecule has 0 spiro atoms. The molecule has 0 saturated carbocycles. The van der Waals surface area contributed by atoms with Gasteiger partial charge in [0.25, 0.3) is 5.91 Å². The Bertz CT molecular complexity index is 1890. The molecule has 2 aromatic heterocycles. The van der Waals surface area contributed by atoms with E-state index < -0.39 is 32.1 Å². The van der Waals surface area contributed by atoms with E-state index in [0.29, 0.717) is 60.7 Å². The van der Waals surface area contributed by atoms with Gasteiger partial charge in [-0.3, -0.25) is 14.7 Å². The third-order valence-corrected chi connectivity index (χ3v) is 10.3. The number of ketones is 1. The summed E-state index contributed by atoms with van der Waals surface area (Å²) < 4.78 is 63.2. The number of aryl methyl sites for hydroxylation is 1. The van der Waals surface area contributed by atoms with Crippen molar-refractivity contribution in [3.63, 3.8) is 0 Å². The van der Waals surface area contributed by atoms with Gasteiger partial charge in [-0.1, -0.05) is 0 Å². The Labute approximate surface area is 258 Å². The summed E-state index contributed by atoms with van der Waals surface area (Å²) in [4.78, 5) is 28.6. The zero-order valence-electron chi connectivity index (χ0n) is 24.9. The molecule has 0 aliphatic carbocycles.